The lowest BCUT2D eigenvalue weighted by Gasteiger charge is -2.30. The number of anilines is 1. The Morgan fingerprint density at radius 3 is 2.00 bits per heavy atom. The molecule has 3 aromatic rings. The molecule has 0 saturated carbocycles. The molecule has 3 aromatic carbocycles. The highest BCUT2D eigenvalue weighted by atomic mass is 35.5. The summed E-state index contributed by atoms with van der Waals surface area (Å²) in [7, 11) is -2.30. The van der Waals surface area contributed by atoms with E-state index < -0.39 is 27.5 Å². The maximum absolute atomic E-state index is 13.7. The third-order valence-electron chi connectivity index (χ3n) is 6.30. The monoisotopic (exact) mass is 483 g/mol. The fourth-order valence-corrected chi connectivity index (χ4v) is 6.77. The molecule has 2 heterocycles. The molecule has 0 spiro atoms. The quantitative estimate of drug-likeness (QED) is 0.550. The van der Waals surface area contributed by atoms with Crippen LogP contribution in [-0.4, -0.2) is 43.1 Å². The molecule has 0 radical (unpaired) electrons. The van der Waals surface area contributed by atoms with E-state index in [4.69, 9.17) is 16.3 Å². The van der Waals surface area contributed by atoms with Crippen LogP contribution in [0.5, 0.6) is 11.5 Å². The first-order valence-corrected chi connectivity index (χ1v) is 12.4. The largest absolute Gasteiger partial charge is 0.508 e. The van der Waals surface area contributed by atoms with Crippen molar-refractivity contribution in [3.05, 3.63) is 88.9 Å². The van der Waals surface area contributed by atoms with E-state index >= 15 is 0 Å². The molecule has 6 nitrogen and oxygen atoms in total. The zero-order valence-electron chi connectivity index (χ0n) is 17.7. The maximum Gasteiger partial charge on any atom is 0.240 e. The van der Waals surface area contributed by atoms with E-state index in [9.17, 15) is 18.6 Å². The van der Waals surface area contributed by atoms with E-state index in [0.717, 1.165) is 22.3 Å². The van der Waals surface area contributed by atoms with Crippen LogP contribution in [0.15, 0.2) is 72.8 Å². The highest BCUT2D eigenvalue weighted by molar-refractivity contribution is 7.93. The van der Waals surface area contributed by atoms with Gasteiger partial charge in [-0.1, -0.05) is 48.0 Å². The zero-order chi connectivity index (χ0) is 23.3. The van der Waals surface area contributed by atoms with Crippen molar-refractivity contribution >= 4 is 38.5 Å². The minimum absolute atomic E-state index is 0.122. The van der Waals surface area contributed by atoms with Crippen LogP contribution < -0.4 is 4.31 Å². The Hall–Kier alpha value is -3.00. The highest BCUT2D eigenvalue weighted by Gasteiger charge is 2.53. The first-order chi connectivity index (χ1) is 15.8. The van der Waals surface area contributed by atoms with Gasteiger partial charge in [-0.15, -0.1) is 0 Å². The van der Waals surface area contributed by atoms with Crippen molar-refractivity contribution in [1.82, 2.24) is 0 Å². The van der Waals surface area contributed by atoms with Crippen LogP contribution in [0.4, 0.5) is 5.69 Å². The molecule has 2 bridgehead atoms. The Labute approximate surface area is 197 Å². The molecule has 2 aliphatic rings. The molecule has 1 unspecified atom stereocenters. The fraction of sp³-hybridized carbons (Fsp3) is 0.200. The van der Waals surface area contributed by atoms with Gasteiger partial charge in [0.15, 0.2) is 0 Å². The zero-order valence-corrected chi connectivity index (χ0v) is 19.3. The third-order valence-corrected chi connectivity index (χ3v) is 8.79. The molecule has 2 aliphatic heterocycles. The predicted octanol–water partition coefficient (Wildman–Crippen LogP) is 4.67. The molecule has 33 heavy (non-hydrogen) atoms. The number of aromatic hydroxyl groups is 2. The Kier molecular flexibility index (Phi) is 5.35. The number of nitrogens with zero attached hydrogens (tertiary/aromatic N) is 1. The van der Waals surface area contributed by atoms with E-state index in [2.05, 4.69) is 0 Å². The molecule has 8 heteroatoms. The lowest BCUT2D eigenvalue weighted by Crippen LogP contribution is -2.42. The molecular formula is C25H22ClNO5S. The molecule has 1 fully saturated rings. The van der Waals surface area contributed by atoms with E-state index in [-0.39, 0.29) is 11.5 Å². The van der Waals surface area contributed by atoms with E-state index in [1.165, 1.54) is 11.4 Å². The van der Waals surface area contributed by atoms with Crippen LogP contribution in [0.1, 0.15) is 17.5 Å². The third kappa shape index (κ3) is 3.66. The normalized spacial score (nSPS) is 22.1. The van der Waals surface area contributed by atoms with Gasteiger partial charge in [0, 0.05) is 7.05 Å². The molecule has 5 rings (SSSR count). The molecule has 1 saturated heterocycles. The number of ether oxygens (including phenoxy) is 1. The second-order valence-corrected chi connectivity index (χ2v) is 10.8. The van der Waals surface area contributed by atoms with Gasteiger partial charge in [0.05, 0.1) is 16.8 Å². The SMILES string of the molecule is CN(c1ccccc1Cl)S(=O)(=O)C1C[C@H]2O[C@@H]1C(c1ccc(O)cc1)=C2c1ccc(O)cc1. The summed E-state index contributed by atoms with van der Waals surface area (Å²) in [5.74, 6) is 0.272. The van der Waals surface area contributed by atoms with Crippen molar-refractivity contribution in [2.45, 2.75) is 23.9 Å². The van der Waals surface area contributed by atoms with Crippen molar-refractivity contribution in [2.24, 2.45) is 0 Å². The van der Waals surface area contributed by atoms with Crippen LogP contribution in [0.25, 0.3) is 11.1 Å². The van der Waals surface area contributed by atoms with Crippen molar-refractivity contribution in [3.8, 4) is 11.5 Å². The van der Waals surface area contributed by atoms with Crippen LogP contribution in [-0.2, 0) is 14.8 Å². The first-order valence-electron chi connectivity index (χ1n) is 10.5. The average Bonchev–Trinajstić information content (AvgIpc) is 3.40. The van der Waals surface area contributed by atoms with Crippen LogP contribution in [0.2, 0.25) is 5.02 Å². The van der Waals surface area contributed by atoms with Crippen molar-refractivity contribution in [1.29, 1.82) is 0 Å². The Bertz CT molecular complexity index is 1340. The topological polar surface area (TPSA) is 87.1 Å². The first kappa shape index (κ1) is 21.8. The number of para-hydroxylation sites is 1. The number of hydrogen-bond donors (Lipinski definition) is 2. The fourth-order valence-electron chi connectivity index (χ4n) is 4.69. The van der Waals surface area contributed by atoms with Gasteiger partial charge >= 0.3 is 0 Å². The number of rotatable bonds is 5. The van der Waals surface area contributed by atoms with Gasteiger partial charge in [0.1, 0.15) is 22.9 Å². The molecule has 0 aromatic heterocycles. The standard InChI is InChI=1S/C25H22ClNO5S/c1-27(20-5-3-2-4-19(20)26)33(30,31)22-14-21-23(15-6-10-17(28)11-7-15)24(25(22)32-21)16-8-12-18(29)13-9-16/h2-13,21-22,25,28-29H,14H2,1H3/t21-,22?,25+/m1/s1. The minimum atomic E-state index is -3.81. The molecule has 0 amide bonds. The Morgan fingerprint density at radius 1 is 0.879 bits per heavy atom. The number of sulfonamides is 1. The Balaban J connectivity index is 1.60. The van der Waals surface area contributed by atoms with Gasteiger partial charge in [0.25, 0.3) is 0 Å². The van der Waals surface area contributed by atoms with Crippen molar-refractivity contribution in [2.75, 3.05) is 11.4 Å². The van der Waals surface area contributed by atoms with Crippen LogP contribution in [0, 0.1) is 0 Å². The van der Waals surface area contributed by atoms with E-state index in [1.54, 1.807) is 72.8 Å². The molecule has 0 aliphatic carbocycles. The summed E-state index contributed by atoms with van der Waals surface area (Å²) in [6.45, 7) is 0. The highest BCUT2D eigenvalue weighted by Crippen LogP contribution is 2.51. The van der Waals surface area contributed by atoms with Crippen molar-refractivity contribution in [3.63, 3.8) is 0 Å². The molecular weight excluding hydrogens is 462 g/mol. The summed E-state index contributed by atoms with van der Waals surface area (Å²) >= 11 is 6.28. The lowest BCUT2D eigenvalue weighted by atomic mass is 9.83. The second kappa shape index (κ2) is 8.09. The Morgan fingerprint density at radius 2 is 1.42 bits per heavy atom. The number of phenols is 2. The van der Waals surface area contributed by atoms with Crippen LogP contribution in [0.3, 0.4) is 0 Å². The summed E-state index contributed by atoms with van der Waals surface area (Å²) in [6.07, 6.45) is -0.791. The van der Waals surface area contributed by atoms with Gasteiger partial charge in [-0.05, 0) is 65.1 Å². The maximum atomic E-state index is 13.7. The number of halogens is 1. The lowest BCUT2D eigenvalue weighted by molar-refractivity contribution is 0.128. The van der Waals surface area contributed by atoms with Gasteiger partial charge in [-0.3, -0.25) is 4.31 Å². The van der Waals surface area contributed by atoms with Gasteiger partial charge in [0.2, 0.25) is 10.0 Å². The number of phenolic OH excluding ortho intramolecular Hbond substituents is 2. The smallest absolute Gasteiger partial charge is 0.240 e. The predicted molar refractivity (Wildman–Crippen MR) is 129 cm³/mol. The van der Waals surface area contributed by atoms with Gasteiger partial charge in [-0.25, -0.2) is 8.42 Å². The van der Waals surface area contributed by atoms with Crippen molar-refractivity contribution < 1.29 is 23.4 Å². The summed E-state index contributed by atoms with van der Waals surface area (Å²) in [6, 6.07) is 20.3. The molecule has 2 N–H and O–H groups in total. The number of fused-ring (bicyclic) bond motifs is 2. The van der Waals surface area contributed by atoms with E-state index in [0.29, 0.717) is 17.1 Å². The molecule has 170 valence electrons. The average molecular weight is 484 g/mol. The summed E-state index contributed by atoms with van der Waals surface area (Å²) in [5.41, 5.74) is 3.73. The van der Waals surface area contributed by atoms with Gasteiger partial charge in [-0.2, -0.15) is 0 Å². The van der Waals surface area contributed by atoms with E-state index in [1.807, 2.05) is 0 Å². The number of benzene rings is 3. The van der Waals surface area contributed by atoms with Crippen LogP contribution >= 0.6 is 11.6 Å². The second-order valence-electron chi connectivity index (χ2n) is 8.20. The molecule has 3 atom stereocenters. The van der Waals surface area contributed by atoms with Gasteiger partial charge < -0.3 is 14.9 Å². The summed E-state index contributed by atoms with van der Waals surface area (Å²) < 4.78 is 34.9. The number of hydrogen-bond acceptors (Lipinski definition) is 5. The minimum Gasteiger partial charge on any atom is -0.508 e. The summed E-state index contributed by atoms with van der Waals surface area (Å²) in [4.78, 5) is 0. The summed E-state index contributed by atoms with van der Waals surface area (Å²) in [5, 5.41) is 19.0.